The molecule has 1 N–H and O–H groups in total. The zero-order valence-corrected chi connectivity index (χ0v) is 15.0. The van der Waals surface area contributed by atoms with Crippen LogP contribution in [-0.4, -0.2) is 54.1 Å². The van der Waals surface area contributed by atoms with Gasteiger partial charge in [0.05, 0.1) is 0 Å². The summed E-state index contributed by atoms with van der Waals surface area (Å²) in [5.41, 5.74) is 1.65. The summed E-state index contributed by atoms with van der Waals surface area (Å²) in [7, 11) is 0. The van der Waals surface area contributed by atoms with Gasteiger partial charge in [0.15, 0.2) is 0 Å². The molecule has 0 bridgehead atoms. The summed E-state index contributed by atoms with van der Waals surface area (Å²) in [6.45, 7) is 9.98. The Hall–Kier alpha value is -2.21. The lowest BCUT2D eigenvalue weighted by Crippen LogP contribution is -2.46. The Morgan fingerprint density at radius 3 is 2.60 bits per heavy atom. The first-order chi connectivity index (χ1) is 12.2. The largest absolute Gasteiger partial charge is 0.354 e. The minimum Gasteiger partial charge on any atom is -0.354 e. The molecule has 0 saturated carbocycles. The van der Waals surface area contributed by atoms with Gasteiger partial charge in [0.1, 0.15) is 11.6 Å². The van der Waals surface area contributed by atoms with E-state index in [0.29, 0.717) is 24.5 Å². The molecule has 0 amide bonds. The molecule has 6 heteroatoms. The van der Waals surface area contributed by atoms with E-state index in [4.69, 9.17) is 0 Å². The van der Waals surface area contributed by atoms with Crippen molar-refractivity contribution < 1.29 is 4.39 Å². The quantitative estimate of drug-likeness (QED) is 0.874. The second-order valence-corrected chi connectivity index (χ2v) is 6.38. The molecule has 2 aromatic rings. The number of nitrogens with zero attached hydrogens (tertiary/aromatic N) is 4. The highest BCUT2D eigenvalue weighted by Gasteiger charge is 2.17. The normalized spacial score (nSPS) is 15.4. The van der Waals surface area contributed by atoms with E-state index in [2.05, 4.69) is 32.0 Å². The molecule has 0 aliphatic carbocycles. The topological polar surface area (TPSA) is 44.3 Å². The molecule has 1 fully saturated rings. The summed E-state index contributed by atoms with van der Waals surface area (Å²) in [4.78, 5) is 13.9. The van der Waals surface area contributed by atoms with Crippen molar-refractivity contribution in [1.29, 1.82) is 0 Å². The van der Waals surface area contributed by atoms with Crippen molar-refractivity contribution in [3.63, 3.8) is 0 Å². The second kappa shape index (κ2) is 8.25. The number of aryl methyl sites for hydroxylation is 1. The fourth-order valence-electron chi connectivity index (χ4n) is 3.10. The summed E-state index contributed by atoms with van der Waals surface area (Å²) in [5.74, 6) is 1.42. The number of piperazine rings is 1. The van der Waals surface area contributed by atoms with Gasteiger partial charge in [-0.3, -0.25) is 0 Å². The standard InChI is InChI=1S/C19H26FN5/c1-3-24-10-12-25(13-11-24)18-14-15(2)22-19(23-18)21-9-8-16-6-4-5-7-17(16)20/h4-7,14H,3,8-13H2,1-2H3,(H,21,22,23). The van der Waals surface area contributed by atoms with Crippen LogP contribution in [0, 0.1) is 12.7 Å². The van der Waals surface area contributed by atoms with Gasteiger partial charge in [0, 0.05) is 44.5 Å². The molecule has 0 unspecified atom stereocenters. The number of aromatic nitrogens is 2. The molecule has 0 atom stereocenters. The van der Waals surface area contributed by atoms with Gasteiger partial charge in [-0.2, -0.15) is 4.98 Å². The molecule has 134 valence electrons. The summed E-state index contributed by atoms with van der Waals surface area (Å²) >= 11 is 0. The summed E-state index contributed by atoms with van der Waals surface area (Å²) in [6.07, 6.45) is 0.606. The maximum Gasteiger partial charge on any atom is 0.224 e. The van der Waals surface area contributed by atoms with E-state index in [1.54, 1.807) is 6.07 Å². The van der Waals surface area contributed by atoms with E-state index < -0.39 is 0 Å². The Kier molecular flexibility index (Phi) is 5.81. The number of hydrogen-bond donors (Lipinski definition) is 1. The maximum absolute atomic E-state index is 13.7. The van der Waals surface area contributed by atoms with Crippen LogP contribution in [0.25, 0.3) is 0 Å². The molecule has 1 aliphatic heterocycles. The third kappa shape index (κ3) is 4.66. The van der Waals surface area contributed by atoms with E-state index >= 15 is 0 Å². The molecule has 2 heterocycles. The smallest absolute Gasteiger partial charge is 0.224 e. The van der Waals surface area contributed by atoms with Crippen LogP contribution in [0.5, 0.6) is 0 Å². The van der Waals surface area contributed by atoms with Gasteiger partial charge < -0.3 is 15.1 Å². The van der Waals surface area contributed by atoms with Gasteiger partial charge in [0.2, 0.25) is 5.95 Å². The Morgan fingerprint density at radius 1 is 1.12 bits per heavy atom. The summed E-state index contributed by atoms with van der Waals surface area (Å²) < 4.78 is 13.7. The first kappa shape index (κ1) is 17.6. The van der Waals surface area contributed by atoms with Crippen LogP contribution in [0.1, 0.15) is 18.2 Å². The van der Waals surface area contributed by atoms with Gasteiger partial charge in [0.25, 0.3) is 0 Å². The van der Waals surface area contributed by atoms with Crippen LogP contribution in [0.15, 0.2) is 30.3 Å². The molecule has 1 aromatic heterocycles. The predicted octanol–water partition coefficient (Wildman–Crippen LogP) is 2.72. The second-order valence-electron chi connectivity index (χ2n) is 6.38. The highest BCUT2D eigenvalue weighted by molar-refractivity contribution is 5.45. The zero-order valence-electron chi connectivity index (χ0n) is 15.0. The number of benzene rings is 1. The van der Waals surface area contributed by atoms with Crippen LogP contribution >= 0.6 is 0 Å². The number of anilines is 2. The van der Waals surface area contributed by atoms with Gasteiger partial charge in [-0.15, -0.1) is 0 Å². The van der Waals surface area contributed by atoms with Crippen molar-refractivity contribution in [3.05, 3.63) is 47.4 Å². The highest BCUT2D eigenvalue weighted by Crippen LogP contribution is 2.17. The van der Waals surface area contributed by atoms with Gasteiger partial charge >= 0.3 is 0 Å². The van der Waals surface area contributed by atoms with Crippen LogP contribution in [0.3, 0.4) is 0 Å². The predicted molar refractivity (Wildman–Crippen MR) is 99.7 cm³/mol. The lowest BCUT2D eigenvalue weighted by atomic mass is 10.1. The average molecular weight is 343 g/mol. The molecule has 5 nitrogen and oxygen atoms in total. The Balaban J connectivity index is 1.61. The van der Waals surface area contributed by atoms with E-state index in [9.17, 15) is 4.39 Å². The summed E-state index contributed by atoms with van der Waals surface area (Å²) in [5, 5.41) is 3.23. The molecule has 0 radical (unpaired) electrons. The van der Waals surface area contributed by atoms with Crippen LogP contribution in [0.4, 0.5) is 16.2 Å². The first-order valence-corrected chi connectivity index (χ1v) is 8.96. The maximum atomic E-state index is 13.7. The van der Waals surface area contributed by atoms with Crippen molar-refractivity contribution in [2.24, 2.45) is 0 Å². The number of hydrogen-bond acceptors (Lipinski definition) is 5. The van der Waals surface area contributed by atoms with Gasteiger partial charge in [-0.1, -0.05) is 25.1 Å². The molecule has 0 spiro atoms. The van der Waals surface area contributed by atoms with Crippen molar-refractivity contribution in [2.75, 3.05) is 49.5 Å². The van der Waals surface area contributed by atoms with E-state index in [1.807, 2.05) is 25.1 Å². The molecule has 1 aliphatic rings. The highest BCUT2D eigenvalue weighted by atomic mass is 19.1. The minimum absolute atomic E-state index is 0.163. The average Bonchev–Trinajstić information content (AvgIpc) is 2.63. The van der Waals surface area contributed by atoms with E-state index in [-0.39, 0.29) is 5.82 Å². The van der Waals surface area contributed by atoms with Crippen molar-refractivity contribution in [1.82, 2.24) is 14.9 Å². The number of rotatable bonds is 6. The molecule has 3 rings (SSSR count). The zero-order chi connectivity index (χ0) is 17.6. The van der Waals surface area contributed by atoms with Crippen LogP contribution in [0.2, 0.25) is 0 Å². The molecule has 25 heavy (non-hydrogen) atoms. The van der Waals surface area contributed by atoms with Crippen molar-refractivity contribution in [2.45, 2.75) is 20.3 Å². The van der Waals surface area contributed by atoms with E-state index in [0.717, 1.165) is 44.2 Å². The fourth-order valence-corrected chi connectivity index (χ4v) is 3.10. The lowest BCUT2D eigenvalue weighted by molar-refractivity contribution is 0.270. The monoisotopic (exact) mass is 343 g/mol. The van der Waals surface area contributed by atoms with Gasteiger partial charge in [-0.25, -0.2) is 9.37 Å². The number of likely N-dealkylation sites (N-methyl/N-ethyl adjacent to an activating group) is 1. The molecular weight excluding hydrogens is 317 g/mol. The first-order valence-electron chi connectivity index (χ1n) is 8.96. The fraction of sp³-hybridized carbons (Fsp3) is 0.474. The van der Waals surface area contributed by atoms with Gasteiger partial charge in [-0.05, 0) is 31.5 Å². The van der Waals surface area contributed by atoms with Crippen LogP contribution < -0.4 is 10.2 Å². The van der Waals surface area contributed by atoms with Crippen molar-refractivity contribution in [3.8, 4) is 0 Å². The Morgan fingerprint density at radius 2 is 1.88 bits per heavy atom. The third-order valence-corrected chi connectivity index (χ3v) is 4.62. The SMILES string of the molecule is CCN1CCN(c2cc(C)nc(NCCc3ccccc3F)n2)CC1. The lowest BCUT2D eigenvalue weighted by Gasteiger charge is -2.34. The number of halogens is 1. The molecule has 1 saturated heterocycles. The summed E-state index contributed by atoms with van der Waals surface area (Å²) in [6, 6.07) is 8.90. The minimum atomic E-state index is -0.163. The van der Waals surface area contributed by atoms with Crippen LogP contribution in [-0.2, 0) is 6.42 Å². The van der Waals surface area contributed by atoms with Crippen molar-refractivity contribution >= 4 is 11.8 Å². The Bertz CT molecular complexity index is 698. The molecule has 1 aromatic carbocycles. The third-order valence-electron chi connectivity index (χ3n) is 4.62. The molecular formula is C19H26FN5. The Labute approximate surface area is 148 Å². The number of nitrogens with one attached hydrogen (secondary N) is 1. The van der Waals surface area contributed by atoms with E-state index in [1.165, 1.54) is 6.07 Å².